The zero-order valence-corrected chi connectivity index (χ0v) is 15.5. The van der Waals surface area contributed by atoms with E-state index in [4.69, 9.17) is 4.74 Å². The second-order valence-electron chi connectivity index (χ2n) is 6.93. The summed E-state index contributed by atoms with van der Waals surface area (Å²) >= 11 is 0. The topological polar surface area (TPSA) is 38.3 Å². The number of amides is 1. The predicted molar refractivity (Wildman–Crippen MR) is 103 cm³/mol. The Balaban J connectivity index is 1.77. The first-order valence-electron chi connectivity index (χ1n) is 9.08. The SMILES string of the molecule is Cc1ccc(OCCCC(=O)N[C@@H](CC(C)C)c2ccccc2)cc1. The lowest BCUT2D eigenvalue weighted by Crippen LogP contribution is -2.29. The van der Waals surface area contributed by atoms with Gasteiger partial charge in [0.15, 0.2) is 0 Å². The van der Waals surface area contributed by atoms with Crippen LogP contribution in [-0.4, -0.2) is 12.5 Å². The van der Waals surface area contributed by atoms with Crippen molar-refractivity contribution in [3.63, 3.8) is 0 Å². The molecule has 2 aromatic carbocycles. The first-order chi connectivity index (χ1) is 12.0. The third-order valence-electron chi connectivity index (χ3n) is 4.08. The van der Waals surface area contributed by atoms with E-state index in [1.807, 2.05) is 42.5 Å². The monoisotopic (exact) mass is 339 g/mol. The van der Waals surface area contributed by atoms with Crippen LogP contribution in [-0.2, 0) is 4.79 Å². The Kier molecular flexibility index (Phi) is 7.52. The van der Waals surface area contributed by atoms with Crippen molar-refractivity contribution >= 4 is 5.91 Å². The number of carbonyl (C=O) groups excluding carboxylic acids is 1. The molecule has 2 aromatic rings. The molecule has 134 valence electrons. The molecule has 1 N–H and O–H groups in total. The Morgan fingerprint density at radius 3 is 2.36 bits per heavy atom. The van der Waals surface area contributed by atoms with Gasteiger partial charge in [-0.05, 0) is 43.4 Å². The highest BCUT2D eigenvalue weighted by molar-refractivity contribution is 5.76. The summed E-state index contributed by atoms with van der Waals surface area (Å²) in [4.78, 5) is 12.3. The van der Waals surface area contributed by atoms with Crippen molar-refractivity contribution in [2.45, 2.75) is 46.1 Å². The second-order valence-corrected chi connectivity index (χ2v) is 6.93. The van der Waals surface area contributed by atoms with Gasteiger partial charge in [-0.1, -0.05) is 61.9 Å². The summed E-state index contributed by atoms with van der Waals surface area (Å²) in [7, 11) is 0. The van der Waals surface area contributed by atoms with Gasteiger partial charge in [0.1, 0.15) is 5.75 Å². The summed E-state index contributed by atoms with van der Waals surface area (Å²) in [5, 5.41) is 3.18. The maximum absolute atomic E-state index is 12.3. The lowest BCUT2D eigenvalue weighted by Gasteiger charge is -2.21. The van der Waals surface area contributed by atoms with E-state index in [0.717, 1.165) is 12.2 Å². The van der Waals surface area contributed by atoms with Crippen molar-refractivity contribution in [1.82, 2.24) is 5.32 Å². The third-order valence-corrected chi connectivity index (χ3v) is 4.08. The third kappa shape index (κ3) is 7.00. The van der Waals surface area contributed by atoms with Gasteiger partial charge in [-0.3, -0.25) is 4.79 Å². The van der Waals surface area contributed by atoms with Crippen LogP contribution in [0.4, 0.5) is 0 Å². The molecule has 0 aromatic heterocycles. The first-order valence-corrected chi connectivity index (χ1v) is 9.08. The molecule has 0 saturated heterocycles. The standard InChI is InChI=1S/C22H29NO2/c1-17(2)16-21(19-8-5-4-6-9-19)23-22(24)10-7-15-25-20-13-11-18(3)12-14-20/h4-6,8-9,11-14,17,21H,7,10,15-16H2,1-3H3,(H,23,24)/t21-/m0/s1. The van der Waals surface area contributed by atoms with Crippen LogP contribution in [0.25, 0.3) is 0 Å². The molecule has 3 heteroatoms. The molecule has 1 amide bonds. The van der Waals surface area contributed by atoms with Crippen LogP contribution in [0.5, 0.6) is 5.75 Å². The maximum atomic E-state index is 12.3. The lowest BCUT2D eigenvalue weighted by atomic mass is 9.97. The summed E-state index contributed by atoms with van der Waals surface area (Å²) in [6, 6.07) is 18.2. The van der Waals surface area contributed by atoms with Gasteiger partial charge in [-0.25, -0.2) is 0 Å². The molecule has 0 radical (unpaired) electrons. The first kappa shape index (κ1) is 19.0. The summed E-state index contributed by atoms with van der Waals surface area (Å²) in [5.74, 6) is 1.46. The Morgan fingerprint density at radius 2 is 1.72 bits per heavy atom. The molecule has 0 aliphatic carbocycles. The van der Waals surface area contributed by atoms with E-state index in [-0.39, 0.29) is 11.9 Å². The van der Waals surface area contributed by atoms with Gasteiger partial charge in [0.25, 0.3) is 0 Å². The molecule has 1 atom stereocenters. The fourth-order valence-electron chi connectivity index (χ4n) is 2.76. The van der Waals surface area contributed by atoms with Crippen molar-refractivity contribution in [1.29, 1.82) is 0 Å². The van der Waals surface area contributed by atoms with Crippen LogP contribution < -0.4 is 10.1 Å². The Bertz CT molecular complexity index is 635. The van der Waals surface area contributed by atoms with E-state index in [0.29, 0.717) is 25.4 Å². The Morgan fingerprint density at radius 1 is 1.04 bits per heavy atom. The lowest BCUT2D eigenvalue weighted by molar-refractivity contribution is -0.122. The fourth-order valence-corrected chi connectivity index (χ4v) is 2.76. The molecule has 0 spiro atoms. The van der Waals surface area contributed by atoms with Crippen molar-refractivity contribution < 1.29 is 9.53 Å². The number of carbonyl (C=O) groups is 1. The number of rotatable bonds is 9. The molecule has 0 aliphatic heterocycles. The maximum Gasteiger partial charge on any atom is 0.220 e. The van der Waals surface area contributed by atoms with Gasteiger partial charge in [-0.2, -0.15) is 0 Å². The molecule has 0 bridgehead atoms. The minimum Gasteiger partial charge on any atom is -0.494 e. The van der Waals surface area contributed by atoms with Crippen molar-refractivity contribution in [2.24, 2.45) is 5.92 Å². The normalized spacial score (nSPS) is 12.0. The minimum absolute atomic E-state index is 0.0757. The molecule has 0 fully saturated rings. The van der Waals surface area contributed by atoms with Gasteiger partial charge in [0.2, 0.25) is 5.91 Å². The molecule has 0 aliphatic rings. The average Bonchev–Trinajstić information content (AvgIpc) is 2.60. The van der Waals surface area contributed by atoms with E-state index < -0.39 is 0 Å². The number of hydrogen-bond acceptors (Lipinski definition) is 2. The van der Waals surface area contributed by atoms with Crippen LogP contribution >= 0.6 is 0 Å². The smallest absolute Gasteiger partial charge is 0.220 e. The zero-order chi connectivity index (χ0) is 18.1. The van der Waals surface area contributed by atoms with Gasteiger partial charge >= 0.3 is 0 Å². The molecule has 2 rings (SSSR count). The summed E-state index contributed by atoms with van der Waals surface area (Å²) < 4.78 is 5.69. The molecule has 0 saturated carbocycles. The number of benzene rings is 2. The highest BCUT2D eigenvalue weighted by atomic mass is 16.5. The minimum atomic E-state index is 0.0757. The molecular weight excluding hydrogens is 310 g/mol. The quantitative estimate of drug-likeness (QED) is 0.649. The van der Waals surface area contributed by atoms with E-state index in [9.17, 15) is 4.79 Å². The van der Waals surface area contributed by atoms with E-state index >= 15 is 0 Å². The number of nitrogens with one attached hydrogen (secondary N) is 1. The number of ether oxygens (including phenoxy) is 1. The van der Waals surface area contributed by atoms with Crippen LogP contribution in [0.3, 0.4) is 0 Å². The van der Waals surface area contributed by atoms with Crippen LogP contribution in [0.2, 0.25) is 0 Å². The van der Waals surface area contributed by atoms with E-state index in [1.165, 1.54) is 11.1 Å². The zero-order valence-electron chi connectivity index (χ0n) is 15.5. The van der Waals surface area contributed by atoms with Crippen LogP contribution in [0.15, 0.2) is 54.6 Å². The second kappa shape index (κ2) is 9.87. The largest absolute Gasteiger partial charge is 0.494 e. The van der Waals surface area contributed by atoms with Gasteiger partial charge in [0, 0.05) is 6.42 Å². The molecular formula is C22H29NO2. The Labute approximate surface area is 151 Å². The number of hydrogen-bond donors (Lipinski definition) is 1. The number of aryl methyl sites for hydroxylation is 1. The molecule has 0 unspecified atom stereocenters. The van der Waals surface area contributed by atoms with E-state index in [2.05, 4.69) is 38.2 Å². The van der Waals surface area contributed by atoms with Crippen LogP contribution in [0.1, 0.15) is 50.3 Å². The van der Waals surface area contributed by atoms with Gasteiger partial charge in [-0.15, -0.1) is 0 Å². The molecule has 3 nitrogen and oxygen atoms in total. The van der Waals surface area contributed by atoms with Crippen molar-refractivity contribution in [2.75, 3.05) is 6.61 Å². The highest BCUT2D eigenvalue weighted by Crippen LogP contribution is 2.21. The highest BCUT2D eigenvalue weighted by Gasteiger charge is 2.15. The van der Waals surface area contributed by atoms with Crippen molar-refractivity contribution in [3.05, 3.63) is 65.7 Å². The van der Waals surface area contributed by atoms with Crippen molar-refractivity contribution in [3.8, 4) is 5.75 Å². The summed E-state index contributed by atoms with van der Waals surface area (Å²) in [5.41, 5.74) is 2.38. The van der Waals surface area contributed by atoms with Gasteiger partial charge < -0.3 is 10.1 Å². The predicted octanol–water partition coefficient (Wildman–Crippen LogP) is 5.06. The average molecular weight is 339 g/mol. The summed E-state index contributed by atoms with van der Waals surface area (Å²) in [6.45, 7) is 6.96. The molecule has 25 heavy (non-hydrogen) atoms. The fraction of sp³-hybridized carbons (Fsp3) is 0.409. The van der Waals surface area contributed by atoms with Crippen LogP contribution in [0, 0.1) is 12.8 Å². The molecule has 0 heterocycles. The Hall–Kier alpha value is -2.29. The van der Waals surface area contributed by atoms with E-state index in [1.54, 1.807) is 0 Å². The summed E-state index contributed by atoms with van der Waals surface area (Å²) in [6.07, 6.45) is 2.13. The van der Waals surface area contributed by atoms with Gasteiger partial charge in [0.05, 0.1) is 12.6 Å².